The van der Waals surface area contributed by atoms with E-state index in [0.717, 1.165) is 5.56 Å². The normalized spacial score (nSPS) is 14.3. The minimum absolute atomic E-state index is 0.0517. The number of aromatic nitrogens is 4. The Morgan fingerprint density at radius 2 is 2.06 bits per heavy atom. The molecule has 2 aromatic rings. The molecule has 1 aromatic carbocycles. The summed E-state index contributed by atoms with van der Waals surface area (Å²) in [6.45, 7) is 1.85. The van der Waals surface area contributed by atoms with Gasteiger partial charge in [0.15, 0.2) is 0 Å². The van der Waals surface area contributed by atoms with Crippen LogP contribution in [0.4, 0.5) is 5.95 Å². The summed E-state index contributed by atoms with van der Waals surface area (Å²) in [5, 5.41) is 23.9. The van der Waals surface area contributed by atoms with Crippen molar-refractivity contribution in [2.75, 3.05) is 11.9 Å². The molecule has 6 nitrogen and oxygen atoms in total. The Labute approximate surface area is 99.3 Å². The van der Waals surface area contributed by atoms with Gasteiger partial charge >= 0.3 is 0 Å². The molecule has 17 heavy (non-hydrogen) atoms. The first kappa shape index (κ1) is 11.5. The van der Waals surface area contributed by atoms with Crippen molar-refractivity contribution in [2.45, 2.75) is 12.5 Å². The van der Waals surface area contributed by atoms with E-state index in [1.165, 1.54) is 4.68 Å². The van der Waals surface area contributed by atoms with Gasteiger partial charge < -0.3 is 10.4 Å². The van der Waals surface area contributed by atoms with Gasteiger partial charge in [-0.05, 0) is 22.9 Å². The molecule has 1 atom stereocenters. The second-order valence-electron chi connectivity index (χ2n) is 4.11. The maximum atomic E-state index is 9.59. The lowest BCUT2D eigenvalue weighted by Crippen LogP contribution is -2.36. The average Bonchev–Trinajstić information content (AvgIpc) is 2.76. The van der Waals surface area contributed by atoms with E-state index in [0.29, 0.717) is 5.95 Å². The summed E-state index contributed by atoms with van der Waals surface area (Å²) in [4.78, 5) is 0. The molecule has 6 heteroatoms. The number of aliphatic hydroxyl groups is 1. The highest BCUT2D eigenvalue weighted by atomic mass is 16.3. The summed E-state index contributed by atoms with van der Waals surface area (Å²) >= 11 is 0. The second kappa shape index (κ2) is 4.50. The quantitative estimate of drug-likeness (QED) is 0.805. The second-order valence-corrected chi connectivity index (χ2v) is 4.11. The third kappa shape index (κ3) is 2.26. The van der Waals surface area contributed by atoms with Crippen molar-refractivity contribution in [3.8, 4) is 0 Å². The van der Waals surface area contributed by atoms with E-state index in [9.17, 15) is 5.11 Å². The number of anilines is 1. The molecule has 1 heterocycles. The zero-order valence-corrected chi connectivity index (χ0v) is 9.83. The number of benzene rings is 1. The molecule has 2 N–H and O–H groups in total. The monoisotopic (exact) mass is 233 g/mol. The van der Waals surface area contributed by atoms with Crippen LogP contribution in [0.2, 0.25) is 0 Å². The largest absolute Gasteiger partial charge is 0.394 e. The molecule has 0 amide bonds. The Morgan fingerprint density at radius 3 is 2.59 bits per heavy atom. The number of rotatable bonds is 4. The maximum absolute atomic E-state index is 9.59. The Bertz CT molecular complexity index is 484. The van der Waals surface area contributed by atoms with Crippen molar-refractivity contribution in [3.63, 3.8) is 0 Å². The number of aryl methyl sites for hydroxylation is 1. The van der Waals surface area contributed by atoms with Crippen molar-refractivity contribution in [3.05, 3.63) is 35.9 Å². The van der Waals surface area contributed by atoms with Crippen LogP contribution in [0.5, 0.6) is 0 Å². The lowest BCUT2D eigenvalue weighted by Gasteiger charge is -2.29. The van der Waals surface area contributed by atoms with Gasteiger partial charge in [0.25, 0.3) is 0 Å². The van der Waals surface area contributed by atoms with E-state index in [1.807, 2.05) is 37.3 Å². The number of hydrogen-bond donors (Lipinski definition) is 2. The summed E-state index contributed by atoms with van der Waals surface area (Å²) in [5.74, 6) is 0.519. The van der Waals surface area contributed by atoms with Crippen molar-refractivity contribution < 1.29 is 5.11 Å². The highest BCUT2D eigenvalue weighted by Crippen LogP contribution is 2.23. The van der Waals surface area contributed by atoms with Crippen LogP contribution >= 0.6 is 0 Å². The van der Waals surface area contributed by atoms with Gasteiger partial charge in [-0.2, -0.15) is 0 Å². The van der Waals surface area contributed by atoms with Crippen LogP contribution in [0.1, 0.15) is 12.5 Å². The fourth-order valence-electron chi connectivity index (χ4n) is 1.59. The molecular weight excluding hydrogens is 218 g/mol. The number of tetrazole rings is 1. The fraction of sp³-hybridized carbons (Fsp3) is 0.364. The van der Waals surface area contributed by atoms with Gasteiger partial charge in [-0.3, -0.25) is 0 Å². The topological polar surface area (TPSA) is 75.9 Å². The molecule has 1 unspecified atom stereocenters. The zero-order chi connectivity index (χ0) is 12.3. The number of aliphatic hydroxyl groups excluding tert-OH is 1. The molecule has 0 spiro atoms. The summed E-state index contributed by atoms with van der Waals surface area (Å²) in [7, 11) is 1.74. The Morgan fingerprint density at radius 1 is 1.35 bits per heavy atom. The first-order valence-electron chi connectivity index (χ1n) is 5.32. The predicted molar refractivity (Wildman–Crippen MR) is 63.3 cm³/mol. The first-order valence-corrected chi connectivity index (χ1v) is 5.32. The summed E-state index contributed by atoms with van der Waals surface area (Å²) in [6.07, 6.45) is 0. The SMILES string of the molecule is Cn1nnnc1NC(C)(CO)c1ccccc1. The van der Waals surface area contributed by atoms with E-state index in [-0.39, 0.29) is 6.61 Å². The summed E-state index contributed by atoms with van der Waals surface area (Å²) in [6, 6.07) is 9.70. The smallest absolute Gasteiger partial charge is 0.243 e. The molecule has 90 valence electrons. The molecule has 1 aromatic heterocycles. The van der Waals surface area contributed by atoms with E-state index >= 15 is 0 Å². The third-order valence-corrected chi connectivity index (χ3v) is 2.73. The molecule has 2 rings (SSSR count). The van der Waals surface area contributed by atoms with Crippen LogP contribution in [0.15, 0.2) is 30.3 Å². The van der Waals surface area contributed by atoms with E-state index in [4.69, 9.17) is 0 Å². The molecule has 0 aliphatic carbocycles. The molecule has 0 fully saturated rings. The molecule has 0 saturated heterocycles. The van der Waals surface area contributed by atoms with E-state index in [1.54, 1.807) is 7.05 Å². The van der Waals surface area contributed by atoms with Gasteiger partial charge in [-0.25, -0.2) is 4.68 Å². The predicted octanol–water partition coefficient (Wildman–Crippen LogP) is 0.530. The number of nitrogens with one attached hydrogen (secondary N) is 1. The maximum Gasteiger partial charge on any atom is 0.243 e. The first-order chi connectivity index (χ1) is 8.15. The van der Waals surface area contributed by atoms with Crippen LogP contribution < -0.4 is 5.32 Å². The van der Waals surface area contributed by atoms with Crippen LogP contribution in [0.25, 0.3) is 0 Å². The van der Waals surface area contributed by atoms with Gasteiger partial charge in [0.2, 0.25) is 5.95 Å². The third-order valence-electron chi connectivity index (χ3n) is 2.73. The fourth-order valence-corrected chi connectivity index (χ4v) is 1.59. The molecular formula is C11H15N5O. The Hall–Kier alpha value is -1.95. The summed E-state index contributed by atoms with van der Waals surface area (Å²) in [5.41, 5.74) is 0.370. The number of hydrogen-bond acceptors (Lipinski definition) is 5. The highest BCUT2D eigenvalue weighted by Gasteiger charge is 2.27. The van der Waals surface area contributed by atoms with E-state index < -0.39 is 5.54 Å². The molecule has 0 aliphatic heterocycles. The van der Waals surface area contributed by atoms with Crippen LogP contribution in [0, 0.1) is 0 Å². The Kier molecular flexibility index (Phi) is 3.06. The lowest BCUT2D eigenvalue weighted by molar-refractivity contribution is 0.223. The molecule has 0 aliphatic rings. The van der Waals surface area contributed by atoms with Crippen molar-refractivity contribution >= 4 is 5.95 Å². The van der Waals surface area contributed by atoms with Crippen LogP contribution in [0.3, 0.4) is 0 Å². The van der Waals surface area contributed by atoms with Gasteiger partial charge in [-0.15, -0.1) is 0 Å². The standard InChI is InChI=1S/C11H15N5O/c1-11(8-17,9-6-4-3-5-7-9)12-10-13-14-15-16(10)2/h3-7,17H,8H2,1-2H3,(H,12,13,15). The summed E-state index contributed by atoms with van der Waals surface area (Å²) < 4.78 is 1.52. The zero-order valence-electron chi connectivity index (χ0n) is 9.83. The lowest BCUT2D eigenvalue weighted by atomic mass is 9.93. The highest BCUT2D eigenvalue weighted by molar-refractivity contribution is 5.35. The van der Waals surface area contributed by atoms with Gasteiger partial charge in [0.05, 0.1) is 12.1 Å². The molecule has 0 saturated carbocycles. The van der Waals surface area contributed by atoms with Crippen molar-refractivity contribution in [1.82, 2.24) is 20.2 Å². The molecule has 0 bridgehead atoms. The van der Waals surface area contributed by atoms with Gasteiger partial charge in [0, 0.05) is 7.05 Å². The van der Waals surface area contributed by atoms with Crippen LogP contribution in [-0.4, -0.2) is 31.9 Å². The van der Waals surface area contributed by atoms with Gasteiger partial charge in [0.1, 0.15) is 0 Å². The van der Waals surface area contributed by atoms with E-state index in [2.05, 4.69) is 20.8 Å². The van der Waals surface area contributed by atoms with Gasteiger partial charge in [-0.1, -0.05) is 35.4 Å². The minimum atomic E-state index is -0.607. The minimum Gasteiger partial charge on any atom is -0.394 e. The number of nitrogens with zero attached hydrogens (tertiary/aromatic N) is 4. The van der Waals surface area contributed by atoms with Crippen LogP contribution in [-0.2, 0) is 12.6 Å². The van der Waals surface area contributed by atoms with Crippen molar-refractivity contribution in [2.24, 2.45) is 7.05 Å². The molecule has 0 radical (unpaired) electrons. The van der Waals surface area contributed by atoms with Crippen molar-refractivity contribution in [1.29, 1.82) is 0 Å². The average molecular weight is 233 g/mol. The Balaban J connectivity index is 2.30.